The van der Waals surface area contributed by atoms with Gasteiger partial charge in [0.05, 0.1) is 6.07 Å². The molecule has 0 aliphatic carbocycles. The van der Waals surface area contributed by atoms with Crippen LogP contribution in [-0.4, -0.2) is 25.7 Å². The first-order valence-electron chi connectivity index (χ1n) is 5.86. The molecule has 0 radical (unpaired) electrons. The highest BCUT2D eigenvalue weighted by atomic mass is 16.5. The Labute approximate surface area is 97.0 Å². The molecule has 1 fully saturated rings. The van der Waals surface area contributed by atoms with Gasteiger partial charge in [-0.25, -0.2) is 0 Å². The van der Waals surface area contributed by atoms with Crippen LogP contribution in [0.4, 0.5) is 0 Å². The number of amides is 1. The van der Waals surface area contributed by atoms with Gasteiger partial charge in [0.2, 0.25) is 5.91 Å². The van der Waals surface area contributed by atoms with Gasteiger partial charge in [-0.05, 0) is 24.7 Å². The standard InChI is InChI=1S/C12H20N2O2/c1-3-10(8-13)11(15)14-9-12(2)4-6-16-7-5-12/h10H,3-7,9H2,1-2H3,(H,14,15). The quantitative estimate of drug-likeness (QED) is 0.786. The fraction of sp³-hybridized carbons (Fsp3) is 0.833. The Kier molecular flexibility index (Phi) is 4.75. The second kappa shape index (κ2) is 5.86. The molecule has 1 heterocycles. The summed E-state index contributed by atoms with van der Waals surface area (Å²) >= 11 is 0. The number of carbonyl (C=O) groups excluding carboxylic acids is 1. The van der Waals surface area contributed by atoms with Crippen LogP contribution in [-0.2, 0) is 9.53 Å². The number of ether oxygens (including phenoxy) is 1. The number of hydrogen-bond donors (Lipinski definition) is 1. The van der Waals surface area contributed by atoms with Crippen molar-refractivity contribution >= 4 is 5.91 Å². The maximum absolute atomic E-state index is 11.6. The Morgan fingerprint density at radius 1 is 1.56 bits per heavy atom. The first kappa shape index (κ1) is 13.0. The molecule has 90 valence electrons. The predicted octanol–water partition coefficient (Wildman–Crippen LogP) is 1.47. The number of rotatable bonds is 4. The minimum Gasteiger partial charge on any atom is -0.381 e. The molecule has 0 bridgehead atoms. The molecule has 0 aromatic rings. The molecule has 1 atom stereocenters. The maximum Gasteiger partial charge on any atom is 0.237 e. The van der Waals surface area contributed by atoms with Crippen molar-refractivity contribution in [2.45, 2.75) is 33.1 Å². The van der Waals surface area contributed by atoms with Crippen LogP contribution in [0.1, 0.15) is 33.1 Å². The van der Waals surface area contributed by atoms with Crippen LogP contribution in [0.3, 0.4) is 0 Å². The van der Waals surface area contributed by atoms with Gasteiger partial charge >= 0.3 is 0 Å². The second-order valence-electron chi connectivity index (χ2n) is 4.73. The molecule has 1 aliphatic heterocycles. The van der Waals surface area contributed by atoms with Crippen LogP contribution in [0.5, 0.6) is 0 Å². The highest BCUT2D eigenvalue weighted by Crippen LogP contribution is 2.28. The van der Waals surface area contributed by atoms with Crippen molar-refractivity contribution in [3.63, 3.8) is 0 Å². The average molecular weight is 224 g/mol. The molecule has 1 N–H and O–H groups in total. The number of nitrogens with zero attached hydrogens (tertiary/aromatic N) is 1. The maximum atomic E-state index is 11.6. The first-order valence-corrected chi connectivity index (χ1v) is 5.86. The molecule has 4 nitrogen and oxygen atoms in total. The summed E-state index contributed by atoms with van der Waals surface area (Å²) in [5.74, 6) is -0.652. The van der Waals surface area contributed by atoms with Crippen molar-refractivity contribution in [1.29, 1.82) is 5.26 Å². The smallest absolute Gasteiger partial charge is 0.237 e. The summed E-state index contributed by atoms with van der Waals surface area (Å²) in [6, 6.07) is 2.02. The molecule has 1 amide bonds. The van der Waals surface area contributed by atoms with E-state index in [2.05, 4.69) is 12.2 Å². The lowest BCUT2D eigenvalue weighted by Gasteiger charge is -2.33. The van der Waals surface area contributed by atoms with Gasteiger partial charge in [-0.2, -0.15) is 5.26 Å². The van der Waals surface area contributed by atoms with E-state index in [-0.39, 0.29) is 11.3 Å². The fourth-order valence-corrected chi connectivity index (χ4v) is 1.80. The van der Waals surface area contributed by atoms with E-state index in [1.165, 1.54) is 0 Å². The third kappa shape index (κ3) is 3.49. The molecule has 1 unspecified atom stereocenters. The van der Waals surface area contributed by atoms with Gasteiger partial charge in [-0.1, -0.05) is 13.8 Å². The van der Waals surface area contributed by atoms with E-state index in [4.69, 9.17) is 10.00 Å². The molecule has 16 heavy (non-hydrogen) atoms. The molecule has 1 saturated heterocycles. The summed E-state index contributed by atoms with van der Waals surface area (Å²) in [4.78, 5) is 11.6. The van der Waals surface area contributed by atoms with Gasteiger partial charge in [0.25, 0.3) is 0 Å². The van der Waals surface area contributed by atoms with Gasteiger partial charge in [-0.3, -0.25) is 4.79 Å². The van der Waals surface area contributed by atoms with Crippen molar-refractivity contribution in [3.05, 3.63) is 0 Å². The summed E-state index contributed by atoms with van der Waals surface area (Å²) in [6.45, 7) is 6.18. The van der Waals surface area contributed by atoms with Crippen molar-refractivity contribution < 1.29 is 9.53 Å². The lowest BCUT2D eigenvalue weighted by Crippen LogP contribution is -2.41. The van der Waals surface area contributed by atoms with Crippen LogP contribution in [0.15, 0.2) is 0 Å². The van der Waals surface area contributed by atoms with Crippen molar-refractivity contribution in [2.24, 2.45) is 11.3 Å². The van der Waals surface area contributed by atoms with E-state index < -0.39 is 5.92 Å². The highest BCUT2D eigenvalue weighted by Gasteiger charge is 2.28. The van der Waals surface area contributed by atoms with E-state index in [0.29, 0.717) is 13.0 Å². The van der Waals surface area contributed by atoms with Crippen LogP contribution >= 0.6 is 0 Å². The predicted molar refractivity (Wildman–Crippen MR) is 60.6 cm³/mol. The molecule has 1 aliphatic rings. The summed E-state index contributed by atoms with van der Waals surface area (Å²) in [5.41, 5.74) is 0.127. The van der Waals surface area contributed by atoms with E-state index in [0.717, 1.165) is 26.1 Å². The molecule has 0 saturated carbocycles. The molecule has 0 aromatic heterocycles. The van der Waals surface area contributed by atoms with E-state index in [1.807, 2.05) is 13.0 Å². The number of carbonyl (C=O) groups is 1. The van der Waals surface area contributed by atoms with Crippen LogP contribution < -0.4 is 5.32 Å². The normalized spacial score (nSPS) is 20.8. The minimum absolute atomic E-state index is 0.127. The number of hydrogen-bond acceptors (Lipinski definition) is 3. The average Bonchev–Trinajstić information content (AvgIpc) is 2.29. The summed E-state index contributed by atoms with van der Waals surface area (Å²) in [5, 5.41) is 11.6. The van der Waals surface area contributed by atoms with Crippen molar-refractivity contribution in [2.75, 3.05) is 19.8 Å². The highest BCUT2D eigenvalue weighted by molar-refractivity contribution is 5.80. The lowest BCUT2D eigenvalue weighted by molar-refractivity contribution is -0.124. The van der Waals surface area contributed by atoms with Gasteiger partial charge in [0.15, 0.2) is 0 Å². The van der Waals surface area contributed by atoms with Crippen LogP contribution in [0.25, 0.3) is 0 Å². The van der Waals surface area contributed by atoms with E-state index in [1.54, 1.807) is 0 Å². The Morgan fingerprint density at radius 2 is 2.19 bits per heavy atom. The van der Waals surface area contributed by atoms with Crippen molar-refractivity contribution in [3.8, 4) is 6.07 Å². The molecule has 0 aromatic carbocycles. The van der Waals surface area contributed by atoms with Crippen LogP contribution in [0, 0.1) is 22.7 Å². The van der Waals surface area contributed by atoms with Gasteiger partial charge in [-0.15, -0.1) is 0 Å². The molecular formula is C12H20N2O2. The minimum atomic E-state index is -0.511. The Balaban J connectivity index is 2.38. The van der Waals surface area contributed by atoms with E-state index >= 15 is 0 Å². The molecule has 4 heteroatoms. The van der Waals surface area contributed by atoms with E-state index in [9.17, 15) is 4.79 Å². The monoisotopic (exact) mass is 224 g/mol. The molecule has 1 rings (SSSR count). The topological polar surface area (TPSA) is 62.1 Å². The zero-order chi connectivity index (χ0) is 12.0. The van der Waals surface area contributed by atoms with Gasteiger partial charge < -0.3 is 10.1 Å². The third-order valence-electron chi connectivity index (χ3n) is 3.27. The Bertz CT molecular complexity index is 277. The summed E-state index contributed by atoms with van der Waals surface area (Å²) < 4.78 is 5.30. The number of nitriles is 1. The van der Waals surface area contributed by atoms with Gasteiger partial charge in [0, 0.05) is 19.8 Å². The van der Waals surface area contributed by atoms with Crippen molar-refractivity contribution in [1.82, 2.24) is 5.32 Å². The largest absolute Gasteiger partial charge is 0.381 e. The van der Waals surface area contributed by atoms with Gasteiger partial charge in [0.1, 0.15) is 5.92 Å². The Morgan fingerprint density at radius 3 is 2.69 bits per heavy atom. The number of nitrogens with one attached hydrogen (secondary N) is 1. The summed E-state index contributed by atoms with van der Waals surface area (Å²) in [7, 11) is 0. The SMILES string of the molecule is CCC(C#N)C(=O)NCC1(C)CCOCC1. The third-order valence-corrected chi connectivity index (χ3v) is 3.27. The second-order valence-corrected chi connectivity index (χ2v) is 4.73. The lowest BCUT2D eigenvalue weighted by atomic mass is 9.82. The molecule has 0 spiro atoms. The zero-order valence-electron chi connectivity index (χ0n) is 10.1. The van der Waals surface area contributed by atoms with Crippen LogP contribution in [0.2, 0.25) is 0 Å². The summed E-state index contributed by atoms with van der Waals surface area (Å²) in [6.07, 6.45) is 2.51. The first-order chi connectivity index (χ1) is 7.61. The molecular weight excluding hydrogens is 204 g/mol. The zero-order valence-corrected chi connectivity index (χ0v) is 10.1. The fourth-order valence-electron chi connectivity index (χ4n) is 1.80. The Hall–Kier alpha value is -1.08.